The third-order valence-corrected chi connectivity index (χ3v) is 3.94. The van der Waals surface area contributed by atoms with Crippen molar-refractivity contribution in [2.24, 2.45) is 0 Å². The molecule has 0 aliphatic rings. The summed E-state index contributed by atoms with van der Waals surface area (Å²) in [6, 6.07) is 1.82. The van der Waals surface area contributed by atoms with Crippen molar-refractivity contribution < 1.29 is 14.6 Å². The highest BCUT2D eigenvalue weighted by Gasteiger charge is 2.16. The smallest absolute Gasteiger partial charge is 0.351 e. The van der Waals surface area contributed by atoms with E-state index in [9.17, 15) is 14.9 Å². The number of rotatable bonds is 6. The van der Waals surface area contributed by atoms with Gasteiger partial charge in [0.05, 0.1) is 13.2 Å². The lowest BCUT2D eigenvalue weighted by atomic mass is 10.3. The van der Waals surface area contributed by atoms with E-state index in [2.05, 4.69) is 0 Å². The standard InChI is InChI=1S/C14H19N3O4S/c1-4-17-12(19)11(9-16(3)6-7-18)22-13(17)10(8-15)14(20)21-5-2/h9,18H,4-7H2,1-3H3. The fourth-order valence-corrected chi connectivity index (χ4v) is 2.98. The molecule has 0 fully saturated rings. The fourth-order valence-electron chi connectivity index (χ4n) is 1.79. The maximum absolute atomic E-state index is 12.3. The number of hydrogen-bond donors (Lipinski definition) is 1. The van der Waals surface area contributed by atoms with Crippen molar-refractivity contribution in [3.8, 4) is 6.07 Å². The second kappa shape index (κ2) is 8.36. The van der Waals surface area contributed by atoms with Crippen LogP contribution in [0.4, 0.5) is 0 Å². The van der Waals surface area contributed by atoms with Crippen LogP contribution in [-0.4, -0.2) is 47.3 Å². The van der Waals surface area contributed by atoms with E-state index in [4.69, 9.17) is 9.84 Å². The van der Waals surface area contributed by atoms with Crippen molar-refractivity contribution in [1.82, 2.24) is 9.47 Å². The van der Waals surface area contributed by atoms with Crippen LogP contribution in [0.5, 0.6) is 0 Å². The van der Waals surface area contributed by atoms with Gasteiger partial charge in [0.15, 0.2) is 5.57 Å². The van der Waals surface area contributed by atoms with Gasteiger partial charge in [-0.05, 0) is 13.8 Å². The van der Waals surface area contributed by atoms with Gasteiger partial charge < -0.3 is 14.7 Å². The number of esters is 1. The quantitative estimate of drug-likeness (QED) is 0.662. The monoisotopic (exact) mass is 325 g/mol. The summed E-state index contributed by atoms with van der Waals surface area (Å²) in [5.41, 5.74) is -0.445. The molecule has 120 valence electrons. The van der Waals surface area contributed by atoms with Crippen LogP contribution in [0, 0.1) is 11.3 Å². The van der Waals surface area contributed by atoms with Gasteiger partial charge in [0.2, 0.25) is 0 Å². The molecule has 1 aromatic heterocycles. The summed E-state index contributed by atoms with van der Waals surface area (Å²) < 4.78 is 6.91. The minimum atomic E-state index is -0.733. The number of hydrogen-bond acceptors (Lipinski definition) is 7. The molecule has 0 aliphatic heterocycles. The molecule has 22 heavy (non-hydrogen) atoms. The van der Waals surface area contributed by atoms with Crippen molar-refractivity contribution >= 4 is 29.1 Å². The van der Waals surface area contributed by atoms with Gasteiger partial charge in [0.1, 0.15) is 15.3 Å². The molecule has 0 saturated carbocycles. The Bertz CT molecular complexity index is 742. The van der Waals surface area contributed by atoms with E-state index in [1.165, 1.54) is 4.57 Å². The number of aliphatic hydroxyl groups is 1. The Morgan fingerprint density at radius 2 is 2.23 bits per heavy atom. The van der Waals surface area contributed by atoms with Crippen molar-refractivity contribution in [3.05, 3.63) is 19.5 Å². The third-order valence-electron chi connectivity index (χ3n) is 2.82. The zero-order valence-electron chi connectivity index (χ0n) is 12.8. The van der Waals surface area contributed by atoms with Gasteiger partial charge in [0.25, 0.3) is 5.56 Å². The average molecular weight is 325 g/mol. The molecular weight excluding hydrogens is 306 g/mol. The lowest BCUT2D eigenvalue weighted by Gasteiger charge is -2.09. The van der Waals surface area contributed by atoms with Crippen LogP contribution in [0.2, 0.25) is 0 Å². The molecule has 0 amide bonds. The number of aliphatic hydroxyl groups excluding tert-OH is 1. The second-order valence-electron chi connectivity index (χ2n) is 4.36. The SMILES string of the molecule is CCOC(=O)C(C#N)=c1sc(=CN(C)CCO)c(=O)n1CC. The number of carbonyl (C=O) groups excluding carboxylic acids is 1. The minimum absolute atomic E-state index is 0.0361. The van der Waals surface area contributed by atoms with E-state index >= 15 is 0 Å². The van der Waals surface area contributed by atoms with E-state index in [-0.39, 0.29) is 29.0 Å². The molecule has 7 nitrogen and oxygen atoms in total. The predicted octanol–water partition coefficient (Wildman–Crippen LogP) is -1.17. The molecule has 0 atom stereocenters. The van der Waals surface area contributed by atoms with Crippen molar-refractivity contribution in [2.45, 2.75) is 20.4 Å². The molecule has 0 radical (unpaired) electrons. The van der Waals surface area contributed by atoms with Gasteiger partial charge in [-0.15, -0.1) is 11.3 Å². The Labute approximate surface area is 132 Å². The van der Waals surface area contributed by atoms with E-state index in [0.717, 1.165) is 11.3 Å². The van der Waals surface area contributed by atoms with Crippen molar-refractivity contribution in [1.29, 1.82) is 5.26 Å². The van der Waals surface area contributed by atoms with Crippen LogP contribution >= 0.6 is 11.3 Å². The van der Waals surface area contributed by atoms with Crippen LogP contribution in [-0.2, 0) is 16.1 Å². The van der Waals surface area contributed by atoms with E-state index in [0.29, 0.717) is 17.6 Å². The summed E-state index contributed by atoms with van der Waals surface area (Å²) in [5.74, 6) is -0.733. The Hall–Kier alpha value is -2.11. The molecule has 0 aromatic carbocycles. The van der Waals surface area contributed by atoms with E-state index < -0.39 is 5.97 Å². The summed E-state index contributed by atoms with van der Waals surface area (Å²) in [6.07, 6.45) is 1.60. The summed E-state index contributed by atoms with van der Waals surface area (Å²) in [5, 5.41) is 18.1. The number of nitrogens with zero attached hydrogens (tertiary/aromatic N) is 3. The maximum atomic E-state index is 12.3. The molecule has 0 bridgehead atoms. The van der Waals surface area contributed by atoms with E-state index in [1.807, 2.05) is 6.07 Å². The number of nitriles is 1. The zero-order valence-corrected chi connectivity index (χ0v) is 13.6. The highest BCUT2D eigenvalue weighted by Crippen LogP contribution is 1.96. The van der Waals surface area contributed by atoms with Crippen LogP contribution < -0.4 is 14.8 Å². The average Bonchev–Trinajstić information content (AvgIpc) is 2.76. The summed E-state index contributed by atoms with van der Waals surface area (Å²) in [4.78, 5) is 25.9. The number of thiazole rings is 1. The first kappa shape index (κ1) is 17.9. The molecule has 0 saturated heterocycles. The van der Waals surface area contributed by atoms with Gasteiger partial charge in [-0.25, -0.2) is 4.79 Å². The summed E-state index contributed by atoms with van der Waals surface area (Å²) in [7, 11) is 1.73. The first-order chi connectivity index (χ1) is 10.5. The van der Waals surface area contributed by atoms with Crippen LogP contribution in [0.15, 0.2) is 4.79 Å². The highest BCUT2D eigenvalue weighted by atomic mass is 32.1. The van der Waals surface area contributed by atoms with Crippen LogP contribution in [0.3, 0.4) is 0 Å². The molecule has 0 spiro atoms. The molecule has 1 heterocycles. The van der Waals surface area contributed by atoms with Gasteiger partial charge in [-0.3, -0.25) is 9.36 Å². The Morgan fingerprint density at radius 3 is 2.73 bits per heavy atom. The normalized spacial score (nSPS) is 12.8. The molecule has 8 heteroatoms. The largest absolute Gasteiger partial charge is 0.462 e. The Balaban J connectivity index is 3.60. The maximum Gasteiger partial charge on any atom is 0.351 e. The van der Waals surface area contributed by atoms with Crippen molar-refractivity contribution in [2.75, 3.05) is 26.8 Å². The summed E-state index contributed by atoms with van der Waals surface area (Å²) >= 11 is 1.06. The molecule has 0 unspecified atom stereocenters. The topological polar surface area (TPSA) is 95.6 Å². The first-order valence-corrected chi connectivity index (χ1v) is 7.65. The Morgan fingerprint density at radius 1 is 1.55 bits per heavy atom. The minimum Gasteiger partial charge on any atom is -0.462 e. The third kappa shape index (κ3) is 3.96. The number of aromatic nitrogens is 1. The number of ether oxygens (including phenoxy) is 1. The van der Waals surface area contributed by atoms with Gasteiger partial charge in [0, 0.05) is 26.3 Å². The van der Waals surface area contributed by atoms with Crippen molar-refractivity contribution in [3.63, 3.8) is 0 Å². The zero-order chi connectivity index (χ0) is 16.7. The molecule has 1 N–H and O–H groups in total. The lowest BCUT2D eigenvalue weighted by Crippen LogP contribution is -2.33. The van der Waals surface area contributed by atoms with E-state index in [1.54, 1.807) is 32.0 Å². The predicted molar refractivity (Wildman–Crippen MR) is 83.3 cm³/mol. The first-order valence-electron chi connectivity index (χ1n) is 6.84. The molecular formula is C14H19N3O4S. The lowest BCUT2D eigenvalue weighted by molar-refractivity contribution is -0.136. The molecule has 0 aliphatic carbocycles. The summed E-state index contributed by atoms with van der Waals surface area (Å²) in [6.45, 7) is 4.25. The van der Waals surface area contributed by atoms with Gasteiger partial charge in [-0.1, -0.05) is 0 Å². The second-order valence-corrected chi connectivity index (χ2v) is 5.39. The molecule has 1 rings (SSSR count). The fraction of sp³-hybridized carbons (Fsp3) is 0.500. The molecule has 1 aromatic rings. The van der Waals surface area contributed by atoms with Gasteiger partial charge in [-0.2, -0.15) is 5.26 Å². The highest BCUT2D eigenvalue weighted by molar-refractivity contribution is 7.07. The number of likely N-dealkylation sites (N-methyl/N-ethyl adjacent to an activating group) is 1. The number of carbonyl (C=O) groups is 1. The Kier molecular flexibility index (Phi) is 6.82. The van der Waals surface area contributed by atoms with Gasteiger partial charge >= 0.3 is 5.97 Å². The van der Waals surface area contributed by atoms with Crippen LogP contribution in [0.1, 0.15) is 13.8 Å². The van der Waals surface area contributed by atoms with Crippen LogP contribution in [0.25, 0.3) is 11.8 Å².